The molecule has 1 heterocycles. The minimum Gasteiger partial charge on any atom is -0.256 e. The van der Waals surface area contributed by atoms with Crippen molar-refractivity contribution >= 4 is 32.4 Å². The van der Waals surface area contributed by atoms with E-state index < -0.39 is 0 Å². The predicted octanol–water partition coefficient (Wildman–Crippen LogP) is 8.49. The summed E-state index contributed by atoms with van der Waals surface area (Å²) < 4.78 is 0. The van der Waals surface area contributed by atoms with Gasteiger partial charge < -0.3 is 0 Å². The average Bonchev–Trinajstić information content (AvgIpc) is 2.83. The number of aromatic nitrogens is 1. The number of benzene rings is 5. The molecule has 0 unspecified atom stereocenters. The highest BCUT2D eigenvalue weighted by molar-refractivity contribution is 6.27. The lowest BCUT2D eigenvalue weighted by Crippen LogP contribution is -1.95. The van der Waals surface area contributed by atoms with Crippen molar-refractivity contribution in [2.75, 3.05) is 0 Å². The van der Waals surface area contributed by atoms with Crippen LogP contribution in [0.25, 0.3) is 54.7 Å². The van der Waals surface area contributed by atoms with E-state index in [1.807, 2.05) is 0 Å². The number of para-hydroxylation sites is 1. The zero-order valence-corrected chi connectivity index (χ0v) is 18.3. The molecule has 1 nitrogen and oxygen atoms in total. The van der Waals surface area contributed by atoms with Crippen molar-refractivity contribution in [1.29, 1.82) is 0 Å². The Morgan fingerprint density at radius 1 is 0.469 bits per heavy atom. The molecule has 6 aromatic rings. The number of aryl methyl sites for hydroxylation is 2. The van der Waals surface area contributed by atoms with Crippen molar-refractivity contribution in [2.45, 2.75) is 13.8 Å². The molecule has 0 N–H and O–H groups in total. The fourth-order valence-corrected chi connectivity index (χ4v) is 5.08. The summed E-state index contributed by atoms with van der Waals surface area (Å²) in [6.45, 7) is 4.40. The minimum atomic E-state index is 1.03. The first-order valence-corrected chi connectivity index (χ1v) is 11.1. The maximum Gasteiger partial charge on any atom is 0.0708 e. The van der Waals surface area contributed by atoms with Crippen LogP contribution >= 0.6 is 0 Å². The first-order valence-electron chi connectivity index (χ1n) is 11.1. The molecule has 0 bridgehead atoms. The SMILES string of the molecule is Cc1ccccc1-c1c2ccccc2c(-c2ccccc2C)c2c1cnc1ccccc12. The number of nitrogens with zero attached hydrogens (tertiary/aromatic N) is 1. The van der Waals surface area contributed by atoms with Crippen molar-refractivity contribution < 1.29 is 0 Å². The highest BCUT2D eigenvalue weighted by Gasteiger charge is 2.20. The van der Waals surface area contributed by atoms with Crippen molar-refractivity contribution in [2.24, 2.45) is 0 Å². The summed E-state index contributed by atoms with van der Waals surface area (Å²) in [5.41, 5.74) is 8.69. The molecular weight excluding hydrogens is 386 g/mol. The van der Waals surface area contributed by atoms with Gasteiger partial charge in [0, 0.05) is 22.4 Å². The second kappa shape index (κ2) is 7.32. The first kappa shape index (κ1) is 18.8. The van der Waals surface area contributed by atoms with E-state index in [9.17, 15) is 0 Å². The zero-order valence-electron chi connectivity index (χ0n) is 18.3. The maximum absolute atomic E-state index is 4.89. The van der Waals surface area contributed by atoms with Gasteiger partial charge in [-0.1, -0.05) is 91.0 Å². The summed E-state index contributed by atoms with van der Waals surface area (Å²) in [7, 11) is 0. The van der Waals surface area contributed by atoms with Crippen LogP contribution in [0.4, 0.5) is 0 Å². The fraction of sp³-hybridized carbons (Fsp3) is 0.0645. The van der Waals surface area contributed by atoms with Gasteiger partial charge in [0.15, 0.2) is 0 Å². The Balaban J connectivity index is 1.95. The van der Waals surface area contributed by atoms with Gasteiger partial charge in [0.2, 0.25) is 0 Å². The van der Waals surface area contributed by atoms with Crippen LogP contribution in [0.2, 0.25) is 0 Å². The lowest BCUT2D eigenvalue weighted by molar-refractivity contribution is 1.43. The van der Waals surface area contributed by atoms with Gasteiger partial charge in [0.1, 0.15) is 0 Å². The van der Waals surface area contributed by atoms with Crippen molar-refractivity contribution in [1.82, 2.24) is 4.98 Å². The lowest BCUT2D eigenvalue weighted by atomic mass is 9.83. The Labute approximate surface area is 188 Å². The zero-order chi connectivity index (χ0) is 21.7. The third-order valence-electron chi connectivity index (χ3n) is 6.59. The molecule has 0 spiro atoms. The Hall–Kier alpha value is -3.97. The van der Waals surface area contributed by atoms with Crippen LogP contribution in [0, 0.1) is 13.8 Å². The molecule has 6 rings (SSSR count). The van der Waals surface area contributed by atoms with Crippen LogP contribution in [0.1, 0.15) is 11.1 Å². The molecule has 5 aromatic carbocycles. The van der Waals surface area contributed by atoms with Gasteiger partial charge >= 0.3 is 0 Å². The number of pyridine rings is 1. The molecule has 0 fully saturated rings. The monoisotopic (exact) mass is 409 g/mol. The summed E-state index contributed by atoms with van der Waals surface area (Å²) in [5, 5.41) is 6.23. The van der Waals surface area contributed by atoms with Crippen molar-refractivity contribution in [3.63, 3.8) is 0 Å². The largest absolute Gasteiger partial charge is 0.256 e. The standard InChI is InChI=1S/C31H23N/c1-20-11-3-5-13-22(20)29-24-15-7-8-16-25(24)30(23-14-6-4-12-21(23)2)31-26-17-9-10-18-28(26)32-19-27(29)31/h3-19H,1-2H3. The van der Waals surface area contributed by atoms with E-state index in [1.54, 1.807) is 0 Å². The van der Waals surface area contributed by atoms with Crippen molar-refractivity contribution in [3.05, 3.63) is 114 Å². The Bertz CT molecular complexity index is 1640. The second-order valence-electron chi connectivity index (χ2n) is 8.49. The summed E-state index contributed by atoms with van der Waals surface area (Å²) in [5.74, 6) is 0. The number of fused-ring (bicyclic) bond motifs is 4. The molecule has 0 atom stereocenters. The molecule has 0 saturated heterocycles. The van der Waals surface area contributed by atoms with Gasteiger partial charge in [0.25, 0.3) is 0 Å². The van der Waals surface area contributed by atoms with Crippen LogP contribution < -0.4 is 0 Å². The lowest BCUT2D eigenvalue weighted by Gasteiger charge is -2.20. The second-order valence-corrected chi connectivity index (χ2v) is 8.49. The van der Waals surface area contributed by atoms with Crippen LogP contribution in [0.5, 0.6) is 0 Å². The Kier molecular flexibility index (Phi) is 4.29. The van der Waals surface area contributed by atoms with Crippen LogP contribution in [0.3, 0.4) is 0 Å². The summed E-state index contributed by atoms with van der Waals surface area (Å²) in [6.07, 6.45) is 2.08. The highest BCUT2D eigenvalue weighted by Crippen LogP contribution is 2.46. The summed E-state index contributed by atoms with van der Waals surface area (Å²) in [6, 6.07) is 34.7. The molecule has 0 radical (unpaired) electrons. The van der Waals surface area contributed by atoms with E-state index in [0.717, 1.165) is 5.52 Å². The Morgan fingerprint density at radius 2 is 0.969 bits per heavy atom. The predicted molar refractivity (Wildman–Crippen MR) is 137 cm³/mol. The quantitative estimate of drug-likeness (QED) is 0.206. The van der Waals surface area contributed by atoms with Crippen molar-refractivity contribution in [3.8, 4) is 22.3 Å². The summed E-state index contributed by atoms with van der Waals surface area (Å²) in [4.78, 5) is 4.89. The molecule has 152 valence electrons. The Morgan fingerprint density at radius 3 is 1.62 bits per heavy atom. The number of hydrogen-bond donors (Lipinski definition) is 0. The normalized spacial score (nSPS) is 11.4. The molecule has 0 saturated carbocycles. The molecule has 0 amide bonds. The fourth-order valence-electron chi connectivity index (χ4n) is 5.08. The molecule has 0 aliphatic heterocycles. The molecule has 0 aliphatic rings. The molecule has 0 aliphatic carbocycles. The maximum atomic E-state index is 4.89. The molecular formula is C31H23N. The van der Waals surface area contributed by atoms with Crippen LogP contribution in [-0.4, -0.2) is 4.98 Å². The average molecular weight is 410 g/mol. The summed E-state index contributed by atoms with van der Waals surface area (Å²) >= 11 is 0. The van der Waals surface area contributed by atoms with Crippen LogP contribution in [0.15, 0.2) is 103 Å². The highest BCUT2D eigenvalue weighted by atomic mass is 14.6. The van der Waals surface area contributed by atoms with Gasteiger partial charge in [-0.2, -0.15) is 0 Å². The van der Waals surface area contributed by atoms with E-state index in [2.05, 4.69) is 117 Å². The first-order chi connectivity index (χ1) is 15.7. The van der Waals surface area contributed by atoms with E-state index in [1.165, 1.54) is 60.3 Å². The third kappa shape index (κ3) is 2.75. The van der Waals surface area contributed by atoms with Gasteiger partial charge in [-0.05, 0) is 64.1 Å². The molecule has 1 heteroatoms. The molecule has 1 aromatic heterocycles. The van der Waals surface area contributed by atoms with Gasteiger partial charge in [-0.25, -0.2) is 0 Å². The van der Waals surface area contributed by atoms with E-state index in [4.69, 9.17) is 4.98 Å². The number of rotatable bonds is 2. The van der Waals surface area contributed by atoms with Gasteiger partial charge in [0.05, 0.1) is 5.52 Å². The molecule has 32 heavy (non-hydrogen) atoms. The van der Waals surface area contributed by atoms with Gasteiger partial charge in [-0.15, -0.1) is 0 Å². The smallest absolute Gasteiger partial charge is 0.0708 e. The minimum absolute atomic E-state index is 1.03. The van der Waals surface area contributed by atoms with E-state index >= 15 is 0 Å². The van der Waals surface area contributed by atoms with E-state index in [-0.39, 0.29) is 0 Å². The third-order valence-corrected chi connectivity index (χ3v) is 6.59. The van der Waals surface area contributed by atoms with E-state index in [0.29, 0.717) is 0 Å². The topological polar surface area (TPSA) is 12.9 Å². The number of hydrogen-bond acceptors (Lipinski definition) is 1. The van der Waals surface area contributed by atoms with Gasteiger partial charge in [-0.3, -0.25) is 4.98 Å². The van der Waals surface area contributed by atoms with Crippen LogP contribution in [-0.2, 0) is 0 Å².